The van der Waals surface area contributed by atoms with Crippen molar-refractivity contribution >= 4 is 21.4 Å². The van der Waals surface area contributed by atoms with E-state index in [2.05, 4.69) is 0 Å². The molecule has 1 aliphatic rings. The third-order valence-corrected chi connectivity index (χ3v) is 6.72. The highest BCUT2D eigenvalue weighted by atomic mass is 32.2. The number of methoxy groups -OCH3 is 1. The van der Waals surface area contributed by atoms with E-state index in [1.54, 1.807) is 18.4 Å². The van der Waals surface area contributed by atoms with Crippen molar-refractivity contribution in [1.82, 2.24) is 4.31 Å². The van der Waals surface area contributed by atoms with Gasteiger partial charge in [0.2, 0.25) is 0 Å². The minimum absolute atomic E-state index is 0.0410. The van der Waals surface area contributed by atoms with E-state index in [0.717, 1.165) is 11.3 Å². The molecule has 0 amide bonds. The third-order valence-electron chi connectivity index (χ3n) is 3.36. The van der Waals surface area contributed by atoms with Gasteiger partial charge in [-0.25, -0.2) is 8.42 Å². The average molecular weight is 352 g/mol. The minimum Gasteiger partial charge on any atom is -0.385 e. The predicted octanol–water partition coefficient (Wildman–Crippen LogP) is 2.23. The topological polar surface area (TPSA) is 65.1 Å². The van der Waals surface area contributed by atoms with Crippen LogP contribution in [0.1, 0.15) is 36.0 Å². The highest BCUT2D eigenvalue weighted by molar-refractivity contribution is 7.91. The monoisotopic (exact) mass is 352 g/mol. The average Bonchev–Trinajstić information content (AvgIpc) is 2.98. The van der Waals surface area contributed by atoms with Crippen LogP contribution in [0, 0.1) is 0 Å². The molecule has 0 radical (unpaired) electrons. The predicted molar refractivity (Wildman–Crippen MR) is 84.5 cm³/mol. The van der Waals surface area contributed by atoms with Gasteiger partial charge in [-0.05, 0) is 31.7 Å². The number of thiophene rings is 1. The van der Waals surface area contributed by atoms with Crippen LogP contribution in [-0.4, -0.2) is 52.4 Å². The molecule has 0 bridgehead atoms. The maximum absolute atomic E-state index is 12.7. The van der Waals surface area contributed by atoms with Crippen LogP contribution >= 0.6 is 11.3 Å². The van der Waals surface area contributed by atoms with Gasteiger partial charge in [-0.15, -0.1) is 11.3 Å². The van der Waals surface area contributed by atoms with Crippen molar-refractivity contribution < 1.29 is 26.7 Å². The molecular weight excluding hydrogens is 326 g/mol. The first-order chi connectivity index (χ1) is 11.6. The lowest BCUT2D eigenvalue weighted by atomic mass is 10.2. The number of ether oxygens (including phenoxy) is 3. The summed E-state index contributed by atoms with van der Waals surface area (Å²) in [6, 6.07) is 1.76. The summed E-state index contributed by atoms with van der Waals surface area (Å²) in [5.41, 5.74) is 0.645. The summed E-state index contributed by atoms with van der Waals surface area (Å²) in [4.78, 5) is 0. The highest BCUT2D eigenvalue weighted by Crippen LogP contribution is 2.38. The van der Waals surface area contributed by atoms with Crippen LogP contribution in [-0.2, 0) is 24.2 Å². The van der Waals surface area contributed by atoms with Gasteiger partial charge in [0.15, 0.2) is 6.29 Å². The molecule has 0 spiro atoms. The molecule has 0 N–H and O–H groups in total. The molecule has 22 heavy (non-hydrogen) atoms. The van der Waals surface area contributed by atoms with Crippen LogP contribution in [0.2, 0.25) is 0 Å². The normalized spacial score (nSPS) is 25.0. The van der Waals surface area contributed by atoms with Gasteiger partial charge in [-0.2, -0.15) is 4.31 Å². The van der Waals surface area contributed by atoms with Crippen molar-refractivity contribution in [2.45, 2.75) is 36.9 Å². The molecule has 8 heteroatoms. The number of hydrogen-bond donors (Lipinski definition) is 0. The van der Waals surface area contributed by atoms with E-state index in [1.165, 1.54) is 4.31 Å². The second-order valence-corrected chi connectivity index (χ2v) is 7.93. The van der Waals surface area contributed by atoms with Crippen molar-refractivity contribution in [3.8, 4) is 0 Å². The maximum Gasteiger partial charge on any atom is 0.253 e. The van der Waals surface area contributed by atoms with Crippen LogP contribution < -0.4 is 0 Å². The first-order valence-corrected chi connectivity index (χ1v) is 9.45. The van der Waals surface area contributed by atoms with E-state index in [1.807, 2.05) is 6.92 Å². The van der Waals surface area contributed by atoms with Gasteiger partial charge in [0, 0.05) is 38.9 Å². The Hall–Kier alpha value is -0.510. The zero-order valence-corrected chi connectivity index (χ0v) is 14.3. The summed E-state index contributed by atoms with van der Waals surface area (Å²) in [6.45, 7) is 4.42. The lowest BCUT2D eigenvalue weighted by Crippen LogP contribution is -2.41. The fraction of sp³-hybridized carbons (Fsp3) is 0.714. The van der Waals surface area contributed by atoms with E-state index in [9.17, 15) is 8.42 Å². The van der Waals surface area contributed by atoms with Gasteiger partial charge in [0.1, 0.15) is 10.3 Å². The Morgan fingerprint density at radius 1 is 1.59 bits per heavy atom. The SMILES string of the molecule is [2H]C([2H])([2H])OCCCN1CC(OC(C)OCC)c2ccsc2S1(=O)=O. The molecule has 126 valence electrons. The summed E-state index contributed by atoms with van der Waals surface area (Å²) in [7, 11) is -6.07. The minimum atomic E-state index is -3.60. The molecule has 0 saturated heterocycles. The van der Waals surface area contributed by atoms with E-state index >= 15 is 0 Å². The smallest absolute Gasteiger partial charge is 0.253 e. The van der Waals surface area contributed by atoms with Gasteiger partial charge in [0.05, 0.1) is 4.11 Å². The van der Waals surface area contributed by atoms with Crippen molar-refractivity contribution in [3.05, 3.63) is 17.0 Å². The molecule has 2 unspecified atom stereocenters. The Morgan fingerprint density at radius 2 is 2.41 bits per heavy atom. The number of nitrogens with zero attached hydrogens (tertiary/aromatic N) is 1. The van der Waals surface area contributed by atoms with E-state index < -0.39 is 29.5 Å². The Kier molecular flexibility index (Phi) is 4.95. The molecule has 2 heterocycles. The molecule has 1 aliphatic heterocycles. The van der Waals surface area contributed by atoms with Crippen molar-refractivity contribution in [2.75, 3.05) is 33.3 Å². The molecular formula is C14H23NO5S2. The van der Waals surface area contributed by atoms with Gasteiger partial charge in [0.25, 0.3) is 10.0 Å². The number of rotatable bonds is 8. The zero-order valence-electron chi connectivity index (χ0n) is 15.6. The van der Waals surface area contributed by atoms with Crippen LogP contribution in [0.5, 0.6) is 0 Å². The number of sulfonamides is 1. The van der Waals surface area contributed by atoms with Crippen molar-refractivity contribution in [3.63, 3.8) is 0 Å². The van der Waals surface area contributed by atoms with E-state index in [0.29, 0.717) is 12.2 Å². The quantitative estimate of drug-likeness (QED) is 0.530. The lowest BCUT2D eigenvalue weighted by Gasteiger charge is -2.33. The summed E-state index contributed by atoms with van der Waals surface area (Å²) in [6.07, 6.45) is -0.592. The fourth-order valence-electron chi connectivity index (χ4n) is 2.40. The number of fused-ring (bicyclic) bond motifs is 1. The molecule has 2 atom stereocenters. The maximum atomic E-state index is 12.7. The Morgan fingerprint density at radius 3 is 3.14 bits per heavy atom. The molecule has 0 aliphatic carbocycles. The largest absolute Gasteiger partial charge is 0.385 e. The lowest BCUT2D eigenvalue weighted by molar-refractivity contribution is -0.162. The second-order valence-electron chi connectivity index (χ2n) is 4.88. The van der Waals surface area contributed by atoms with E-state index in [4.69, 9.17) is 18.3 Å². The van der Waals surface area contributed by atoms with Crippen LogP contribution in [0.15, 0.2) is 15.7 Å². The number of hydrogen-bond acceptors (Lipinski definition) is 6. The highest BCUT2D eigenvalue weighted by Gasteiger charge is 2.38. The zero-order chi connectivity index (χ0) is 18.7. The molecule has 0 aromatic carbocycles. The van der Waals surface area contributed by atoms with Gasteiger partial charge < -0.3 is 14.2 Å². The summed E-state index contributed by atoms with van der Waals surface area (Å²) >= 11 is 1.15. The summed E-state index contributed by atoms with van der Waals surface area (Å²) < 4.78 is 64.0. The van der Waals surface area contributed by atoms with Crippen molar-refractivity contribution in [2.24, 2.45) is 0 Å². The van der Waals surface area contributed by atoms with Gasteiger partial charge in [-0.1, -0.05) is 0 Å². The van der Waals surface area contributed by atoms with Gasteiger partial charge in [-0.3, -0.25) is 0 Å². The Bertz CT molecular complexity index is 662. The van der Waals surface area contributed by atoms with Crippen molar-refractivity contribution in [1.29, 1.82) is 0 Å². The first-order valence-electron chi connectivity index (χ1n) is 8.63. The fourth-order valence-corrected chi connectivity index (χ4v) is 5.47. The first kappa shape index (κ1) is 13.9. The van der Waals surface area contributed by atoms with Gasteiger partial charge >= 0.3 is 0 Å². The molecule has 6 nitrogen and oxygen atoms in total. The molecule has 0 fully saturated rings. The summed E-state index contributed by atoms with van der Waals surface area (Å²) in [5, 5.41) is 1.73. The Labute approximate surface area is 140 Å². The van der Waals surface area contributed by atoms with Crippen LogP contribution in [0.4, 0.5) is 0 Å². The standard InChI is InChI=1S/C14H23NO5S2/c1-4-19-11(2)20-13-10-15(7-5-8-18-3)22(16,17)14-12(13)6-9-21-14/h6,9,11,13H,4-5,7-8,10H2,1-3H3/i3D3. The summed E-state index contributed by atoms with van der Waals surface area (Å²) in [5.74, 6) is 0. The molecule has 1 aromatic heterocycles. The second kappa shape index (κ2) is 7.85. The van der Waals surface area contributed by atoms with E-state index in [-0.39, 0.29) is 30.3 Å². The molecule has 1 aromatic rings. The third kappa shape index (κ3) is 3.87. The van der Waals surface area contributed by atoms with Crippen LogP contribution in [0.25, 0.3) is 0 Å². The van der Waals surface area contributed by atoms with Crippen LogP contribution in [0.3, 0.4) is 0 Å². The Balaban J connectivity index is 2.08. The molecule has 0 saturated carbocycles. The molecule has 2 rings (SSSR count).